The molecular formula is C12H13CuPS+. The molecule has 0 amide bonds. The zero-order valence-corrected chi connectivity index (χ0v) is 11.4. The van der Waals surface area contributed by atoms with Gasteiger partial charge in [-0.15, -0.1) is 0 Å². The molecule has 0 N–H and O–H groups in total. The van der Waals surface area contributed by atoms with E-state index in [-0.39, 0.29) is 17.1 Å². The van der Waals surface area contributed by atoms with Crippen LogP contribution in [0, 0.1) is 0 Å². The largest absolute Gasteiger partial charge is 1.00 e. The Labute approximate surface area is 108 Å². The van der Waals surface area contributed by atoms with Crippen LogP contribution in [0.3, 0.4) is 0 Å². The predicted molar refractivity (Wildman–Crippen MR) is 69.4 cm³/mol. The second-order valence-electron chi connectivity index (χ2n) is 3.66. The molecule has 15 heavy (non-hydrogen) atoms. The summed E-state index contributed by atoms with van der Waals surface area (Å²) in [6.45, 7) is 4.61. The van der Waals surface area contributed by atoms with Gasteiger partial charge in [-0.25, -0.2) is 0 Å². The fraction of sp³-hybridized carbons (Fsp3) is 0.167. The van der Waals surface area contributed by atoms with Gasteiger partial charge in [-0.05, 0) is 11.5 Å². The summed E-state index contributed by atoms with van der Waals surface area (Å²) >= 11 is 5.38. The number of hydrogen-bond acceptors (Lipinski definition) is 1. The van der Waals surface area contributed by atoms with Crippen LogP contribution in [0.15, 0.2) is 41.3 Å². The van der Waals surface area contributed by atoms with E-state index >= 15 is 0 Å². The number of fused-ring (bicyclic) bond motifs is 1. The third kappa shape index (κ3) is 2.52. The normalized spacial score (nSPS) is 10.3. The van der Waals surface area contributed by atoms with Crippen molar-refractivity contribution in [3.63, 3.8) is 0 Å². The molecule has 2 rings (SSSR count). The van der Waals surface area contributed by atoms with Crippen LogP contribution in [-0.2, 0) is 29.7 Å². The molecule has 2 aromatic carbocycles. The number of benzene rings is 2. The van der Waals surface area contributed by atoms with Crippen LogP contribution in [-0.4, -0.2) is 13.3 Å². The summed E-state index contributed by atoms with van der Waals surface area (Å²) in [7, 11) is -0.426. The Morgan fingerprint density at radius 3 is 2.20 bits per heavy atom. The Morgan fingerprint density at radius 1 is 1.00 bits per heavy atom. The minimum Gasteiger partial charge on any atom is -0.779 e. The van der Waals surface area contributed by atoms with Gasteiger partial charge in [-0.1, -0.05) is 30.3 Å². The third-order valence-electron chi connectivity index (χ3n) is 2.41. The first-order valence-electron chi connectivity index (χ1n) is 4.69. The van der Waals surface area contributed by atoms with Gasteiger partial charge in [0.15, 0.2) is 0 Å². The van der Waals surface area contributed by atoms with Crippen LogP contribution in [0.5, 0.6) is 0 Å². The van der Waals surface area contributed by atoms with Crippen LogP contribution in [0.4, 0.5) is 0 Å². The van der Waals surface area contributed by atoms with Crippen molar-refractivity contribution in [3.05, 3.63) is 36.4 Å². The quantitative estimate of drug-likeness (QED) is 0.441. The Bertz CT molecular complexity index is 463. The number of hydrogen-bond donors (Lipinski definition) is 0. The van der Waals surface area contributed by atoms with E-state index in [1.165, 1.54) is 16.1 Å². The fourth-order valence-electron chi connectivity index (χ4n) is 1.72. The molecule has 2 aromatic rings. The van der Waals surface area contributed by atoms with E-state index in [2.05, 4.69) is 37.6 Å². The van der Waals surface area contributed by atoms with Gasteiger partial charge in [0.05, 0.1) is 18.6 Å². The van der Waals surface area contributed by atoms with Crippen molar-refractivity contribution < 1.29 is 17.1 Å². The molecule has 82 valence electrons. The summed E-state index contributed by atoms with van der Waals surface area (Å²) in [5, 5.41) is 4.03. The molecule has 0 aliphatic carbocycles. The Kier molecular flexibility index (Phi) is 4.55. The van der Waals surface area contributed by atoms with Crippen molar-refractivity contribution in [2.75, 3.05) is 13.3 Å². The summed E-state index contributed by atoms with van der Waals surface area (Å²) in [6.07, 6.45) is 0. The fourth-order valence-corrected chi connectivity index (χ4v) is 3.33. The van der Waals surface area contributed by atoms with E-state index < -0.39 is 7.92 Å². The van der Waals surface area contributed by atoms with Crippen molar-refractivity contribution in [3.8, 4) is 0 Å². The second-order valence-corrected chi connectivity index (χ2v) is 6.64. The van der Waals surface area contributed by atoms with Gasteiger partial charge >= 0.3 is 17.1 Å². The zero-order valence-electron chi connectivity index (χ0n) is 8.67. The first kappa shape index (κ1) is 12.9. The molecule has 0 bridgehead atoms. The second kappa shape index (κ2) is 5.27. The van der Waals surface area contributed by atoms with Crippen molar-refractivity contribution in [1.82, 2.24) is 0 Å². The molecule has 0 radical (unpaired) electrons. The number of rotatable bonds is 1. The molecule has 0 aliphatic rings. The van der Waals surface area contributed by atoms with Crippen molar-refractivity contribution >= 4 is 36.6 Å². The van der Waals surface area contributed by atoms with E-state index in [1.54, 1.807) is 0 Å². The molecule has 0 fully saturated rings. The molecule has 0 atom stereocenters. The molecular weight excluding hydrogens is 271 g/mol. The van der Waals surface area contributed by atoms with E-state index in [0.29, 0.717) is 0 Å². The zero-order chi connectivity index (χ0) is 10.1. The van der Waals surface area contributed by atoms with E-state index in [1.807, 2.05) is 12.1 Å². The summed E-state index contributed by atoms with van der Waals surface area (Å²) in [6, 6.07) is 12.7. The van der Waals surface area contributed by atoms with Crippen LogP contribution < -0.4 is 5.30 Å². The van der Waals surface area contributed by atoms with Gasteiger partial charge in [0.1, 0.15) is 0 Å². The molecule has 3 heteroatoms. The van der Waals surface area contributed by atoms with Crippen LogP contribution >= 0.6 is 7.92 Å². The first-order chi connectivity index (χ1) is 6.70. The summed E-state index contributed by atoms with van der Waals surface area (Å²) in [5.41, 5.74) is 0. The predicted octanol–water partition coefficient (Wildman–Crippen LogP) is 2.84. The average molecular weight is 284 g/mol. The molecule has 0 aromatic heterocycles. The van der Waals surface area contributed by atoms with Gasteiger partial charge in [-0.2, -0.15) is 4.90 Å². The smallest absolute Gasteiger partial charge is 0.779 e. The van der Waals surface area contributed by atoms with E-state index in [4.69, 9.17) is 12.6 Å². The Morgan fingerprint density at radius 2 is 1.60 bits per heavy atom. The molecule has 0 spiro atoms. The van der Waals surface area contributed by atoms with Crippen LogP contribution in [0.25, 0.3) is 10.8 Å². The SMILES string of the molecule is C[PH+](C)c1cccc2cccc([S-])c12.[Cu+]. The third-order valence-corrected chi connectivity index (χ3v) is 4.24. The molecule has 0 nitrogen and oxygen atoms in total. The molecule has 0 saturated carbocycles. The maximum Gasteiger partial charge on any atom is 1.00 e. The summed E-state index contributed by atoms with van der Waals surface area (Å²) in [4.78, 5) is 0.990. The maximum absolute atomic E-state index is 5.38. The molecule has 0 aliphatic heterocycles. The van der Waals surface area contributed by atoms with Crippen LogP contribution in [0.1, 0.15) is 0 Å². The van der Waals surface area contributed by atoms with Crippen molar-refractivity contribution in [2.45, 2.75) is 4.90 Å². The summed E-state index contributed by atoms with van der Waals surface area (Å²) in [5.74, 6) is 0. The first-order valence-corrected chi connectivity index (χ1v) is 7.60. The minimum atomic E-state index is -0.426. The maximum atomic E-state index is 5.38. The van der Waals surface area contributed by atoms with E-state index in [0.717, 1.165) is 4.90 Å². The van der Waals surface area contributed by atoms with Gasteiger partial charge in [-0.3, -0.25) is 0 Å². The monoisotopic (exact) mass is 283 g/mol. The Hall–Kier alpha value is -0.131. The van der Waals surface area contributed by atoms with Gasteiger partial charge in [0.2, 0.25) is 0 Å². The standard InChI is InChI=1S/C12H13PS.Cu/c1-13(2)10-7-3-5-9-6-4-8-11(14)12(9)10;/h3-8,14H,1-2H3;/q;+1. The average Bonchev–Trinajstić information content (AvgIpc) is 2.17. The summed E-state index contributed by atoms with van der Waals surface area (Å²) < 4.78 is 0. The molecule has 0 saturated heterocycles. The molecule has 0 heterocycles. The van der Waals surface area contributed by atoms with Crippen molar-refractivity contribution in [1.29, 1.82) is 0 Å². The molecule has 0 unspecified atom stereocenters. The van der Waals surface area contributed by atoms with Crippen LogP contribution in [0.2, 0.25) is 0 Å². The van der Waals surface area contributed by atoms with Gasteiger partial charge < -0.3 is 12.6 Å². The van der Waals surface area contributed by atoms with Gasteiger partial charge in [0, 0.05) is 13.3 Å². The van der Waals surface area contributed by atoms with Crippen molar-refractivity contribution in [2.24, 2.45) is 0 Å². The Balaban J connectivity index is 0.00000112. The van der Waals surface area contributed by atoms with E-state index in [9.17, 15) is 0 Å². The topological polar surface area (TPSA) is 0 Å². The van der Waals surface area contributed by atoms with Gasteiger partial charge in [0.25, 0.3) is 0 Å². The minimum absolute atomic E-state index is 0.